The lowest BCUT2D eigenvalue weighted by Gasteiger charge is -2.11. The summed E-state index contributed by atoms with van der Waals surface area (Å²) in [4.78, 5) is 11.8. The summed E-state index contributed by atoms with van der Waals surface area (Å²) in [5.74, 6) is 0.286. The minimum atomic E-state index is -1.79. The number of carbonyl (C=O) groups excluding carboxylic acids is 1. The van der Waals surface area contributed by atoms with Gasteiger partial charge in [-0.1, -0.05) is 34.8 Å². The first-order valence-electron chi connectivity index (χ1n) is 5.96. The molecule has 0 heterocycles. The SMILES string of the molecule is O=C(Nc1cc(B(O)O)c(Cl)cc1Cl)Oc1ccc(Cl)cc1. The Kier molecular flexibility index (Phi) is 5.55. The molecule has 0 fully saturated rings. The first-order chi connectivity index (χ1) is 10.4. The molecule has 0 bridgehead atoms. The van der Waals surface area contributed by atoms with Gasteiger partial charge in [-0.05, 0) is 36.4 Å². The second-order valence-corrected chi connectivity index (χ2v) is 5.45. The van der Waals surface area contributed by atoms with Crippen molar-refractivity contribution in [2.24, 2.45) is 0 Å². The summed E-state index contributed by atoms with van der Waals surface area (Å²) in [6, 6.07) is 8.72. The lowest BCUT2D eigenvalue weighted by molar-refractivity contribution is 0.215. The van der Waals surface area contributed by atoms with Crippen molar-refractivity contribution in [3.63, 3.8) is 0 Å². The van der Waals surface area contributed by atoms with Gasteiger partial charge in [0.1, 0.15) is 5.75 Å². The van der Waals surface area contributed by atoms with E-state index in [0.29, 0.717) is 5.02 Å². The summed E-state index contributed by atoms with van der Waals surface area (Å²) in [6.07, 6.45) is -0.801. The van der Waals surface area contributed by atoms with Gasteiger partial charge < -0.3 is 14.8 Å². The molecular weight excluding hydrogens is 351 g/mol. The third-order valence-corrected chi connectivity index (χ3v) is 3.52. The molecule has 114 valence electrons. The van der Waals surface area contributed by atoms with Gasteiger partial charge in [0.05, 0.1) is 10.7 Å². The second-order valence-electron chi connectivity index (χ2n) is 4.20. The molecule has 0 saturated heterocycles. The van der Waals surface area contributed by atoms with Crippen LogP contribution in [0, 0.1) is 0 Å². The highest BCUT2D eigenvalue weighted by atomic mass is 35.5. The van der Waals surface area contributed by atoms with E-state index in [1.54, 1.807) is 12.1 Å². The molecule has 0 aromatic heterocycles. The first-order valence-corrected chi connectivity index (χ1v) is 7.09. The maximum absolute atomic E-state index is 11.8. The third kappa shape index (κ3) is 4.28. The quantitative estimate of drug-likeness (QED) is 0.736. The normalized spacial score (nSPS) is 10.2. The molecule has 2 aromatic rings. The molecule has 0 aliphatic rings. The fourth-order valence-electron chi connectivity index (χ4n) is 1.60. The number of amides is 1. The van der Waals surface area contributed by atoms with Crippen LogP contribution in [0.25, 0.3) is 0 Å². The van der Waals surface area contributed by atoms with Crippen molar-refractivity contribution in [3.05, 3.63) is 51.5 Å². The van der Waals surface area contributed by atoms with Crippen molar-refractivity contribution in [2.75, 3.05) is 5.32 Å². The highest BCUT2D eigenvalue weighted by Gasteiger charge is 2.19. The summed E-state index contributed by atoms with van der Waals surface area (Å²) < 4.78 is 5.03. The van der Waals surface area contributed by atoms with Crippen molar-refractivity contribution in [1.82, 2.24) is 0 Å². The molecule has 0 radical (unpaired) electrons. The predicted molar refractivity (Wildman–Crippen MR) is 87.4 cm³/mol. The zero-order valence-corrected chi connectivity index (χ0v) is 13.2. The smallest absolute Gasteiger partial charge is 0.423 e. The van der Waals surface area contributed by atoms with E-state index < -0.39 is 13.2 Å². The van der Waals surface area contributed by atoms with Gasteiger partial charge in [-0.2, -0.15) is 0 Å². The molecule has 0 saturated carbocycles. The Labute approximate surface area is 141 Å². The van der Waals surface area contributed by atoms with Gasteiger partial charge in [-0.15, -0.1) is 0 Å². The molecule has 0 atom stereocenters. The Bertz CT molecular complexity index is 694. The summed E-state index contributed by atoms with van der Waals surface area (Å²) in [5.41, 5.74) is 0.140. The average molecular weight is 360 g/mol. The highest BCUT2D eigenvalue weighted by Crippen LogP contribution is 2.25. The van der Waals surface area contributed by atoms with E-state index in [9.17, 15) is 14.8 Å². The van der Waals surface area contributed by atoms with Gasteiger partial charge in [0.15, 0.2) is 0 Å². The molecule has 2 rings (SSSR count). The maximum atomic E-state index is 11.8. The van der Waals surface area contributed by atoms with E-state index in [1.807, 2.05) is 0 Å². The molecule has 5 nitrogen and oxygen atoms in total. The van der Waals surface area contributed by atoms with E-state index in [2.05, 4.69) is 5.32 Å². The lowest BCUT2D eigenvalue weighted by atomic mass is 9.80. The minimum absolute atomic E-state index is 0.00728. The molecule has 0 unspecified atom stereocenters. The minimum Gasteiger partial charge on any atom is -0.423 e. The van der Waals surface area contributed by atoms with Crippen LogP contribution in [0.4, 0.5) is 10.5 Å². The Morgan fingerprint density at radius 2 is 1.68 bits per heavy atom. The molecule has 0 aliphatic carbocycles. The van der Waals surface area contributed by atoms with E-state index in [1.165, 1.54) is 24.3 Å². The van der Waals surface area contributed by atoms with Gasteiger partial charge >= 0.3 is 13.2 Å². The molecule has 3 N–H and O–H groups in total. The topological polar surface area (TPSA) is 78.8 Å². The number of hydrogen-bond donors (Lipinski definition) is 3. The number of carbonyl (C=O) groups is 1. The molecule has 2 aromatic carbocycles. The largest absolute Gasteiger partial charge is 0.490 e. The van der Waals surface area contributed by atoms with Gasteiger partial charge in [0.2, 0.25) is 0 Å². The van der Waals surface area contributed by atoms with E-state index in [4.69, 9.17) is 39.5 Å². The molecule has 9 heteroatoms. The summed E-state index contributed by atoms with van der Waals surface area (Å²) in [7, 11) is -1.79. The van der Waals surface area contributed by atoms with Crippen LogP contribution in [0.3, 0.4) is 0 Å². The van der Waals surface area contributed by atoms with E-state index in [0.717, 1.165) is 0 Å². The Hall–Kier alpha value is -1.44. The van der Waals surface area contributed by atoms with Crippen LogP contribution in [-0.4, -0.2) is 23.3 Å². The fraction of sp³-hybridized carbons (Fsp3) is 0. The number of ether oxygens (including phenoxy) is 1. The van der Waals surface area contributed by atoms with Crippen LogP contribution in [0.2, 0.25) is 15.1 Å². The lowest BCUT2D eigenvalue weighted by Crippen LogP contribution is -2.31. The molecular formula is C13H9BCl3NO4. The van der Waals surface area contributed by atoms with Crippen molar-refractivity contribution in [2.45, 2.75) is 0 Å². The average Bonchev–Trinajstić information content (AvgIpc) is 2.44. The zero-order chi connectivity index (χ0) is 16.3. The van der Waals surface area contributed by atoms with Crippen LogP contribution in [-0.2, 0) is 0 Å². The molecule has 0 spiro atoms. The number of nitrogens with one attached hydrogen (secondary N) is 1. The van der Waals surface area contributed by atoms with Crippen molar-refractivity contribution in [1.29, 1.82) is 0 Å². The predicted octanol–water partition coefficient (Wildman–Crippen LogP) is 2.94. The van der Waals surface area contributed by atoms with Crippen LogP contribution < -0.4 is 15.5 Å². The van der Waals surface area contributed by atoms with Gasteiger partial charge in [-0.3, -0.25) is 5.32 Å². The zero-order valence-electron chi connectivity index (χ0n) is 10.9. The van der Waals surface area contributed by atoms with E-state index in [-0.39, 0.29) is 26.9 Å². The Balaban J connectivity index is 2.14. The van der Waals surface area contributed by atoms with Crippen molar-refractivity contribution >= 4 is 59.2 Å². The maximum Gasteiger partial charge on any atom is 0.490 e. The van der Waals surface area contributed by atoms with Crippen LogP contribution >= 0.6 is 34.8 Å². The second kappa shape index (κ2) is 7.22. The number of rotatable bonds is 3. The summed E-state index contributed by atoms with van der Waals surface area (Å²) >= 11 is 17.5. The number of benzene rings is 2. The third-order valence-electron chi connectivity index (χ3n) is 2.63. The van der Waals surface area contributed by atoms with Crippen molar-refractivity contribution < 1.29 is 19.6 Å². The standard InChI is InChI=1S/C13H9BCl3NO4/c15-7-1-3-8(4-2-7)22-13(19)18-12-5-9(14(20)21)10(16)6-11(12)17/h1-6,20-21H,(H,18,19). The van der Waals surface area contributed by atoms with Gasteiger partial charge in [0, 0.05) is 15.5 Å². The van der Waals surface area contributed by atoms with Crippen LogP contribution in [0.5, 0.6) is 5.75 Å². The highest BCUT2D eigenvalue weighted by molar-refractivity contribution is 6.63. The first kappa shape index (κ1) is 16.9. The van der Waals surface area contributed by atoms with Gasteiger partial charge in [0.25, 0.3) is 0 Å². The van der Waals surface area contributed by atoms with Crippen LogP contribution in [0.1, 0.15) is 0 Å². The molecule has 1 amide bonds. The Morgan fingerprint density at radius 3 is 2.27 bits per heavy atom. The number of halogens is 3. The summed E-state index contributed by atoms with van der Waals surface area (Å²) in [5, 5.41) is 21.5. The summed E-state index contributed by atoms with van der Waals surface area (Å²) in [6.45, 7) is 0. The van der Waals surface area contributed by atoms with Gasteiger partial charge in [-0.25, -0.2) is 4.79 Å². The number of hydrogen-bond acceptors (Lipinski definition) is 4. The van der Waals surface area contributed by atoms with Crippen LogP contribution in [0.15, 0.2) is 36.4 Å². The van der Waals surface area contributed by atoms with Crippen molar-refractivity contribution in [3.8, 4) is 5.75 Å². The Morgan fingerprint density at radius 1 is 1.05 bits per heavy atom. The van der Waals surface area contributed by atoms with E-state index >= 15 is 0 Å². The molecule has 22 heavy (non-hydrogen) atoms. The fourth-order valence-corrected chi connectivity index (χ4v) is 2.26. The molecule has 0 aliphatic heterocycles. The number of anilines is 1. The monoisotopic (exact) mass is 359 g/mol.